The van der Waals surface area contributed by atoms with E-state index < -0.39 is 5.97 Å². The minimum absolute atomic E-state index is 0.175. The quantitative estimate of drug-likeness (QED) is 0.787. The van der Waals surface area contributed by atoms with Crippen LogP contribution in [0.15, 0.2) is 24.4 Å². The third-order valence-corrected chi connectivity index (χ3v) is 2.74. The van der Waals surface area contributed by atoms with E-state index in [0.29, 0.717) is 12.2 Å². The van der Waals surface area contributed by atoms with Crippen LogP contribution in [-0.4, -0.2) is 33.1 Å². The molecule has 0 bridgehead atoms. The van der Waals surface area contributed by atoms with E-state index in [-0.39, 0.29) is 5.56 Å². The highest BCUT2D eigenvalue weighted by Gasteiger charge is 2.11. The molecule has 0 atom stereocenters. The Morgan fingerprint density at radius 1 is 1.53 bits per heavy atom. The van der Waals surface area contributed by atoms with Crippen LogP contribution in [0.2, 0.25) is 0 Å². The molecule has 7 nitrogen and oxygen atoms in total. The summed E-state index contributed by atoms with van der Waals surface area (Å²) in [6.07, 6.45) is 1.82. The molecule has 0 saturated carbocycles. The van der Waals surface area contributed by atoms with Crippen molar-refractivity contribution in [1.29, 1.82) is 0 Å². The Morgan fingerprint density at radius 2 is 2.26 bits per heavy atom. The highest BCUT2D eigenvalue weighted by Crippen LogP contribution is 2.24. The van der Waals surface area contributed by atoms with Crippen LogP contribution in [0.5, 0.6) is 0 Å². The topological polar surface area (TPSA) is 97.3 Å². The molecule has 0 spiro atoms. The van der Waals surface area contributed by atoms with Gasteiger partial charge in [-0.15, -0.1) is 5.10 Å². The zero-order valence-electron chi connectivity index (χ0n) is 10.7. The van der Waals surface area contributed by atoms with Crippen molar-refractivity contribution in [1.82, 2.24) is 15.0 Å². The summed E-state index contributed by atoms with van der Waals surface area (Å²) in [6, 6.07) is 4.67. The highest BCUT2D eigenvalue weighted by molar-refractivity contribution is 5.90. The molecule has 3 N–H and O–H groups in total. The van der Waals surface area contributed by atoms with Crippen LogP contribution in [-0.2, 0) is 13.6 Å². The van der Waals surface area contributed by atoms with E-state index in [2.05, 4.69) is 10.3 Å². The number of hydrogen-bond donors (Lipinski definition) is 2. The van der Waals surface area contributed by atoms with Crippen LogP contribution in [0.3, 0.4) is 0 Å². The summed E-state index contributed by atoms with van der Waals surface area (Å²) in [7, 11) is 3.66. The van der Waals surface area contributed by atoms with Crippen LogP contribution in [0.25, 0.3) is 0 Å². The molecule has 0 amide bonds. The van der Waals surface area contributed by atoms with Gasteiger partial charge in [-0.25, -0.2) is 4.79 Å². The number of carbonyl (C=O) groups is 1. The van der Waals surface area contributed by atoms with E-state index in [4.69, 9.17) is 10.8 Å². The first-order chi connectivity index (χ1) is 8.97. The van der Waals surface area contributed by atoms with Crippen molar-refractivity contribution in [2.75, 3.05) is 17.7 Å². The number of aromatic nitrogens is 3. The predicted molar refractivity (Wildman–Crippen MR) is 70.9 cm³/mol. The molecule has 0 saturated heterocycles. The number of anilines is 2. The van der Waals surface area contributed by atoms with Crippen LogP contribution >= 0.6 is 0 Å². The van der Waals surface area contributed by atoms with Gasteiger partial charge in [0.1, 0.15) is 5.69 Å². The molecule has 0 aliphatic carbocycles. The second-order valence-corrected chi connectivity index (χ2v) is 4.32. The first-order valence-electron chi connectivity index (χ1n) is 5.66. The number of hydrogen-bond acceptors (Lipinski definition) is 5. The molecule has 0 fully saturated rings. The number of carboxylic acids is 1. The lowest BCUT2D eigenvalue weighted by atomic mass is 10.1. The minimum atomic E-state index is -0.991. The number of aromatic carboxylic acids is 1. The third kappa shape index (κ3) is 2.82. The predicted octanol–water partition coefficient (Wildman–Crippen LogP) is 0.732. The van der Waals surface area contributed by atoms with Crippen molar-refractivity contribution in [3.63, 3.8) is 0 Å². The van der Waals surface area contributed by atoms with Gasteiger partial charge in [0.2, 0.25) is 0 Å². The van der Waals surface area contributed by atoms with Crippen LogP contribution in [0.4, 0.5) is 11.4 Å². The van der Waals surface area contributed by atoms with E-state index in [0.717, 1.165) is 11.4 Å². The number of carboxylic acid groups (broad SMARTS) is 1. The Kier molecular flexibility index (Phi) is 3.37. The molecule has 100 valence electrons. The lowest BCUT2D eigenvalue weighted by molar-refractivity contribution is 0.0697. The Balaban J connectivity index is 2.19. The molecule has 1 heterocycles. The number of rotatable bonds is 4. The van der Waals surface area contributed by atoms with Crippen molar-refractivity contribution < 1.29 is 9.90 Å². The summed E-state index contributed by atoms with van der Waals surface area (Å²) in [5.41, 5.74) is 8.04. The average Bonchev–Trinajstić information content (AvgIpc) is 2.74. The number of nitrogen functional groups attached to an aromatic ring is 1. The molecular weight excluding hydrogens is 246 g/mol. The summed E-state index contributed by atoms with van der Waals surface area (Å²) in [5.74, 6) is -0.991. The van der Waals surface area contributed by atoms with Crippen LogP contribution < -0.4 is 10.6 Å². The molecule has 1 aromatic carbocycles. The molecule has 1 aromatic heterocycles. The van der Waals surface area contributed by atoms with Gasteiger partial charge in [0, 0.05) is 20.3 Å². The van der Waals surface area contributed by atoms with Gasteiger partial charge in [-0.2, -0.15) is 0 Å². The third-order valence-electron chi connectivity index (χ3n) is 2.74. The van der Waals surface area contributed by atoms with Gasteiger partial charge in [-0.05, 0) is 18.2 Å². The summed E-state index contributed by atoms with van der Waals surface area (Å²) in [6.45, 7) is 0.546. The monoisotopic (exact) mass is 261 g/mol. The fourth-order valence-electron chi connectivity index (χ4n) is 1.83. The van der Waals surface area contributed by atoms with Crippen molar-refractivity contribution in [2.24, 2.45) is 7.05 Å². The Labute approximate surface area is 110 Å². The summed E-state index contributed by atoms with van der Waals surface area (Å²) in [4.78, 5) is 12.7. The zero-order valence-corrected chi connectivity index (χ0v) is 10.7. The summed E-state index contributed by atoms with van der Waals surface area (Å²) >= 11 is 0. The average molecular weight is 261 g/mol. The van der Waals surface area contributed by atoms with Crippen molar-refractivity contribution in [3.05, 3.63) is 35.7 Å². The first kappa shape index (κ1) is 12.9. The fraction of sp³-hybridized carbons (Fsp3) is 0.250. The van der Waals surface area contributed by atoms with Crippen LogP contribution in [0.1, 0.15) is 16.1 Å². The Bertz CT molecular complexity index is 608. The van der Waals surface area contributed by atoms with Crippen LogP contribution in [0, 0.1) is 0 Å². The fourth-order valence-corrected chi connectivity index (χ4v) is 1.83. The maximum Gasteiger partial charge on any atom is 0.335 e. The molecule has 0 radical (unpaired) electrons. The van der Waals surface area contributed by atoms with E-state index in [1.54, 1.807) is 17.8 Å². The Hall–Kier alpha value is -2.57. The van der Waals surface area contributed by atoms with Crippen molar-refractivity contribution in [2.45, 2.75) is 6.54 Å². The SMILES string of the molecule is CN(Cc1cn(C)nn1)c1ccc(C(=O)O)cc1N. The number of benzene rings is 1. The number of nitrogens with zero attached hydrogens (tertiary/aromatic N) is 4. The van der Waals surface area contributed by atoms with Gasteiger partial charge in [-0.1, -0.05) is 5.21 Å². The molecule has 19 heavy (non-hydrogen) atoms. The maximum absolute atomic E-state index is 10.8. The lowest BCUT2D eigenvalue weighted by Gasteiger charge is -2.20. The molecule has 2 aromatic rings. The first-order valence-corrected chi connectivity index (χ1v) is 5.66. The smallest absolute Gasteiger partial charge is 0.335 e. The van der Waals surface area contributed by atoms with Gasteiger partial charge < -0.3 is 15.7 Å². The Morgan fingerprint density at radius 3 is 2.79 bits per heavy atom. The molecular formula is C12H15N5O2. The second kappa shape index (κ2) is 4.97. The van der Waals surface area contributed by atoms with Gasteiger partial charge >= 0.3 is 5.97 Å². The van der Waals surface area contributed by atoms with E-state index in [1.807, 2.05) is 18.1 Å². The number of nitrogens with two attached hydrogens (primary N) is 1. The summed E-state index contributed by atoms with van der Waals surface area (Å²) < 4.78 is 1.63. The highest BCUT2D eigenvalue weighted by atomic mass is 16.4. The maximum atomic E-state index is 10.8. The van der Waals surface area contributed by atoms with Crippen molar-refractivity contribution in [3.8, 4) is 0 Å². The molecule has 0 aliphatic rings. The number of aryl methyl sites for hydroxylation is 1. The molecule has 7 heteroatoms. The minimum Gasteiger partial charge on any atom is -0.478 e. The normalized spacial score (nSPS) is 10.4. The van der Waals surface area contributed by atoms with E-state index in [1.165, 1.54) is 12.1 Å². The molecule has 0 unspecified atom stereocenters. The van der Waals surface area contributed by atoms with E-state index in [9.17, 15) is 4.79 Å². The second-order valence-electron chi connectivity index (χ2n) is 4.32. The standard InChI is InChI=1S/C12H15N5O2/c1-16(6-9-7-17(2)15-14-9)11-4-3-8(12(18)19)5-10(11)13/h3-5,7H,6,13H2,1-2H3,(H,18,19). The largest absolute Gasteiger partial charge is 0.478 e. The molecule has 0 aliphatic heterocycles. The lowest BCUT2D eigenvalue weighted by Crippen LogP contribution is -2.18. The van der Waals surface area contributed by atoms with E-state index >= 15 is 0 Å². The van der Waals surface area contributed by atoms with Gasteiger partial charge in [-0.3, -0.25) is 4.68 Å². The van der Waals surface area contributed by atoms with Gasteiger partial charge in [0.15, 0.2) is 0 Å². The van der Waals surface area contributed by atoms with Gasteiger partial charge in [0.25, 0.3) is 0 Å². The molecule has 2 rings (SSSR count). The van der Waals surface area contributed by atoms with Crippen molar-refractivity contribution >= 4 is 17.3 Å². The summed E-state index contributed by atoms with van der Waals surface area (Å²) in [5, 5.41) is 16.7. The van der Waals surface area contributed by atoms with Gasteiger partial charge in [0.05, 0.1) is 23.5 Å². The zero-order chi connectivity index (χ0) is 14.0.